The van der Waals surface area contributed by atoms with Gasteiger partial charge in [0, 0.05) is 18.4 Å². The van der Waals surface area contributed by atoms with Gasteiger partial charge in [-0.3, -0.25) is 4.79 Å². The number of para-hydroxylation sites is 1. The van der Waals surface area contributed by atoms with Crippen LogP contribution in [-0.2, 0) is 25.9 Å². The molecule has 0 aromatic heterocycles. The van der Waals surface area contributed by atoms with Gasteiger partial charge in [-0.05, 0) is 24.3 Å². The van der Waals surface area contributed by atoms with Gasteiger partial charge >= 0.3 is 5.97 Å². The smallest absolute Gasteiger partial charge is 0.340 e. The van der Waals surface area contributed by atoms with Gasteiger partial charge in [0.1, 0.15) is 5.75 Å². The summed E-state index contributed by atoms with van der Waals surface area (Å²) < 4.78 is 33.3. The monoisotopic (exact) mass is 411 g/mol. The highest BCUT2D eigenvalue weighted by atomic mass is 35.5. The Morgan fingerprint density at radius 3 is 2.52 bits per heavy atom. The van der Waals surface area contributed by atoms with Crippen LogP contribution >= 0.6 is 11.6 Å². The highest BCUT2D eigenvalue weighted by Gasteiger charge is 2.17. The standard InChI is InChI=1S/C18H18ClNO6S/c1-25-16-6-4-3-5-12(16)10-20-17(21)11-26-18(22)14-9-13(27(2,23)24)7-8-15(14)19/h3-9H,10-11H2,1-2H3,(H,20,21). The largest absolute Gasteiger partial charge is 0.496 e. The molecule has 7 nitrogen and oxygen atoms in total. The Kier molecular flexibility index (Phi) is 6.81. The third kappa shape index (κ3) is 5.70. The number of ether oxygens (including phenoxy) is 2. The van der Waals surface area contributed by atoms with E-state index < -0.39 is 28.3 Å². The molecule has 144 valence electrons. The Morgan fingerprint density at radius 1 is 1.15 bits per heavy atom. The van der Waals surface area contributed by atoms with Crippen molar-refractivity contribution < 1.29 is 27.5 Å². The molecule has 2 aromatic carbocycles. The fourth-order valence-electron chi connectivity index (χ4n) is 2.19. The fraction of sp³-hybridized carbons (Fsp3) is 0.222. The first kappa shape index (κ1) is 20.7. The average Bonchev–Trinajstić information content (AvgIpc) is 2.64. The van der Waals surface area contributed by atoms with Gasteiger partial charge in [0.25, 0.3) is 5.91 Å². The molecule has 1 amide bonds. The highest BCUT2D eigenvalue weighted by molar-refractivity contribution is 7.90. The van der Waals surface area contributed by atoms with Crippen molar-refractivity contribution >= 4 is 33.3 Å². The van der Waals surface area contributed by atoms with E-state index in [1.54, 1.807) is 24.3 Å². The Labute approximate surface area is 162 Å². The molecule has 0 aliphatic rings. The quantitative estimate of drug-likeness (QED) is 0.701. The molecule has 0 aliphatic heterocycles. The molecule has 0 aliphatic carbocycles. The Hall–Kier alpha value is -2.58. The van der Waals surface area contributed by atoms with Crippen molar-refractivity contribution in [1.82, 2.24) is 5.32 Å². The topological polar surface area (TPSA) is 98.8 Å². The van der Waals surface area contributed by atoms with Crippen LogP contribution in [0.2, 0.25) is 5.02 Å². The summed E-state index contributed by atoms with van der Waals surface area (Å²) in [6.07, 6.45) is 1.01. The van der Waals surface area contributed by atoms with Crippen molar-refractivity contribution in [2.45, 2.75) is 11.4 Å². The lowest BCUT2D eigenvalue weighted by Crippen LogP contribution is -2.28. The van der Waals surface area contributed by atoms with Crippen LogP contribution in [0.15, 0.2) is 47.4 Å². The second-order valence-electron chi connectivity index (χ2n) is 5.58. The zero-order valence-corrected chi connectivity index (χ0v) is 16.3. The number of amides is 1. The number of carbonyl (C=O) groups is 2. The predicted octanol–water partition coefficient (Wildman–Crippen LogP) is 2.23. The van der Waals surface area contributed by atoms with Crippen molar-refractivity contribution in [2.75, 3.05) is 20.0 Å². The van der Waals surface area contributed by atoms with Crippen LogP contribution in [0.1, 0.15) is 15.9 Å². The van der Waals surface area contributed by atoms with Crippen molar-refractivity contribution in [2.24, 2.45) is 0 Å². The van der Waals surface area contributed by atoms with E-state index in [0.717, 1.165) is 17.9 Å². The Balaban J connectivity index is 1.96. The predicted molar refractivity (Wildman–Crippen MR) is 99.7 cm³/mol. The lowest BCUT2D eigenvalue weighted by molar-refractivity contribution is -0.124. The number of rotatable bonds is 7. The van der Waals surface area contributed by atoms with E-state index in [9.17, 15) is 18.0 Å². The zero-order valence-electron chi connectivity index (χ0n) is 14.7. The van der Waals surface area contributed by atoms with Gasteiger partial charge < -0.3 is 14.8 Å². The molecule has 0 unspecified atom stereocenters. The van der Waals surface area contributed by atoms with Crippen LogP contribution in [0, 0.1) is 0 Å². The summed E-state index contributed by atoms with van der Waals surface area (Å²) in [6.45, 7) is -0.335. The molecule has 9 heteroatoms. The Morgan fingerprint density at radius 2 is 1.85 bits per heavy atom. The van der Waals surface area contributed by atoms with Crippen molar-refractivity contribution in [3.8, 4) is 5.75 Å². The second-order valence-corrected chi connectivity index (χ2v) is 8.00. The molecule has 1 N–H and O–H groups in total. The molecule has 0 radical (unpaired) electrons. The van der Waals surface area contributed by atoms with E-state index in [-0.39, 0.29) is 22.0 Å². The SMILES string of the molecule is COc1ccccc1CNC(=O)COC(=O)c1cc(S(C)(=O)=O)ccc1Cl. The van der Waals surface area contributed by atoms with Gasteiger partial charge in [-0.15, -0.1) is 0 Å². The van der Waals surface area contributed by atoms with E-state index in [0.29, 0.717) is 5.75 Å². The maximum atomic E-state index is 12.1. The van der Waals surface area contributed by atoms with E-state index in [1.807, 2.05) is 0 Å². The third-order valence-corrected chi connectivity index (χ3v) is 5.03. The van der Waals surface area contributed by atoms with Crippen LogP contribution in [-0.4, -0.2) is 40.3 Å². The molecular formula is C18H18ClNO6S. The number of sulfone groups is 1. The first-order valence-electron chi connectivity index (χ1n) is 7.77. The van der Waals surface area contributed by atoms with Gasteiger partial charge in [0.05, 0.1) is 22.6 Å². The molecule has 27 heavy (non-hydrogen) atoms. The summed E-state index contributed by atoms with van der Waals surface area (Å²) in [5, 5.41) is 2.64. The number of nitrogens with one attached hydrogen (secondary N) is 1. The summed E-state index contributed by atoms with van der Waals surface area (Å²) in [7, 11) is -1.99. The number of hydrogen-bond acceptors (Lipinski definition) is 6. The number of methoxy groups -OCH3 is 1. The summed E-state index contributed by atoms with van der Waals surface area (Å²) in [4.78, 5) is 24.0. The van der Waals surface area contributed by atoms with Gasteiger partial charge in [0.15, 0.2) is 16.4 Å². The van der Waals surface area contributed by atoms with Crippen LogP contribution < -0.4 is 10.1 Å². The minimum absolute atomic E-state index is 0.0295. The summed E-state index contributed by atoms with van der Waals surface area (Å²) in [5.41, 5.74) is 0.640. The van der Waals surface area contributed by atoms with Crippen LogP contribution in [0.25, 0.3) is 0 Å². The second kappa shape index (κ2) is 8.88. The molecule has 0 saturated heterocycles. The van der Waals surface area contributed by atoms with Crippen LogP contribution in [0.4, 0.5) is 0 Å². The minimum Gasteiger partial charge on any atom is -0.496 e. The highest BCUT2D eigenvalue weighted by Crippen LogP contribution is 2.21. The van der Waals surface area contributed by atoms with Gasteiger partial charge in [-0.1, -0.05) is 29.8 Å². The maximum Gasteiger partial charge on any atom is 0.340 e. The number of hydrogen-bond donors (Lipinski definition) is 1. The van der Waals surface area contributed by atoms with Crippen molar-refractivity contribution in [3.63, 3.8) is 0 Å². The van der Waals surface area contributed by atoms with E-state index in [1.165, 1.54) is 19.2 Å². The lowest BCUT2D eigenvalue weighted by Gasteiger charge is -2.10. The first-order chi connectivity index (χ1) is 12.7. The molecule has 0 fully saturated rings. The molecule has 0 atom stereocenters. The summed E-state index contributed by atoms with van der Waals surface area (Å²) in [6, 6.07) is 10.9. The third-order valence-electron chi connectivity index (χ3n) is 3.59. The van der Waals surface area contributed by atoms with Crippen LogP contribution in [0.5, 0.6) is 5.75 Å². The van der Waals surface area contributed by atoms with E-state index in [2.05, 4.69) is 5.32 Å². The molecule has 0 spiro atoms. The summed E-state index contributed by atoms with van der Waals surface area (Å²) in [5.74, 6) is -0.790. The maximum absolute atomic E-state index is 12.1. The normalized spacial score (nSPS) is 10.9. The molecule has 2 rings (SSSR count). The molecule has 2 aromatic rings. The first-order valence-corrected chi connectivity index (χ1v) is 10.0. The number of esters is 1. The van der Waals surface area contributed by atoms with Crippen molar-refractivity contribution in [3.05, 3.63) is 58.6 Å². The van der Waals surface area contributed by atoms with Gasteiger partial charge in [-0.2, -0.15) is 0 Å². The minimum atomic E-state index is -3.51. The Bertz CT molecular complexity index is 958. The van der Waals surface area contributed by atoms with Gasteiger partial charge in [-0.25, -0.2) is 13.2 Å². The number of carbonyl (C=O) groups excluding carboxylic acids is 2. The molecule has 0 saturated carbocycles. The lowest BCUT2D eigenvalue weighted by atomic mass is 10.2. The summed E-state index contributed by atoms with van der Waals surface area (Å²) >= 11 is 5.92. The van der Waals surface area contributed by atoms with Crippen molar-refractivity contribution in [1.29, 1.82) is 0 Å². The molecular weight excluding hydrogens is 394 g/mol. The number of halogens is 1. The van der Waals surface area contributed by atoms with E-state index >= 15 is 0 Å². The molecule has 0 heterocycles. The zero-order chi connectivity index (χ0) is 20.0. The van der Waals surface area contributed by atoms with Gasteiger partial charge in [0.2, 0.25) is 0 Å². The number of benzene rings is 2. The fourth-order valence-corrected chi connectivity index (χ4v) is 3.04. The average molecular weight is 412 g/mol. The molecule has 0 bridgehead atoms. The van der Waals surface area contributed by atoms with E-state index in [4.69, 9.17) is 21.1 Å². The van der Waals surface area contributed by atoms with Crippen LogP contribution in [0.3, 0.4) is 0 Å².